The molecule has 2 aromatic carbocycles. The van der Waals surface area contributed by atoms with E-state index < -0.39 is 0 Å². The Morgan fingerprint density at radius 2 is 1.69 bits per heavy atom. The maximum Gasteiger partial charge on any atom is 0.256 e. The van der Waals surface area contributed by atoms with Crippen molar-refractivity contribution in [2.45, 2.75) is 31.8 Å². The van der Waals surface area contributed by atoms with Crippen molar-refractivity contribution in [3.8, 4) is 5.69 Å². The SMILES string of the molecule is CN(Cc1cccnc1)C(Cc1ccccc1)C1CCN(C(=O)c2ccccc2-n2cccn2)CC1. The van der Waals surface area contributed by atoms with Gasteiger partial charge in [-0.2, -0.15) is 5.10 Å². The Balaban J connectivity index is 1.29. The molecule has 6 heteroatoms. The molecule has 0 bridgehead atoms. The van der Waals surface area contributed by atoms with Crippen LogP contribution in [-0.4, -0.2) is 56.7 Å². The number of carbonyl (C=O) groups is 1. The van der Waals surface area contributed by atoms with Gasteiger partial charge in [0.1, 0.15) is 0 Å². The molecule has 0 aliphatic carbocycles. The van der Waals surface area contributed by atoms with E-state index in [1.54, 1.807) is 10.9 Å². The summed E-state index contributed by atoms with van der Waals surface area (Å²) in [7, 11) is 2.22. The number of carbonyl (C=O) groups excluding carboxylic acids is 1. The van der Waals surface area contributed by atoms with Crippen molar-refractivity contribution in [1.82, 2.24) is 24.6 Å². The Bertz CT molecular complexity index is 1230. The van der Waals surface area contributed by atoms with Crippen LogP contribution in [0.3, 0.4) is 0 Å². The molecule has 6 nitrogen and oxygen atoms in total. The lowest BCUT2D eigenvalue weighted by atomic mass is 9.84. The summed E-state index contributed by atoms with van der Waals surface area (Å²) in [6.07, 6.45) is 10.4. The van der Waals surface area contributed by atoms with Crippen molar-refractivity contribution in [3.05, 3.63) is 114 Å². The molecule has 184 valence electrons. The molecule has 1 unspecified atom stereocenters. The zero-order valence-electron chi connectivity index (χ0n) is 20.8. The van der Waals surface area contributed by atoms with Gasteiger partial charge < -0.3 is 4.90 Å². The Hall–Kier alpha value is -3.77. The normalized spacial score (nSPS) is 15.2. The first kappa shape index (κ1) is 23.9. The predicted octanol–water partition coefficient (Wildman–Crippen LogP) is 4.86. The van der Waals surface area contributed by atoms with Crippen LogP contribution in [0.5, 0.6) is 0 Å². The van der Waals surface area contributed by atoms with E-state index in [1.165, 1.54) is 11.1 Å². The zero-order valence-corrected chi connectivity index (χ0v) is 20.8. The fourth-order valence-corrected chi connectivity index (χ4v) is 5.36. The molecule has 2 aromatic heterocycles. The number of benzene rings is 2. The molecule has 1 amide bonds. The van der Waals surface area contributed by atoms with Gasteiger partial charge in [0.15, 0.2) is 0 Å². The van der Waals surface area contributed by atoms with Gasteiger partial charge in [-0.25, -0.2) is 4.68 Å². The topological polar surface area (TPSA) is 54.3 Å². The van der Waals surface area contributed by atoms with Gasteiger partial charge in [0.05, 0.1) is 11.3 Å². The molecule has 0 radical (unpaired) electrons. The lowest BCUT2D eigenvalue weighted by Gasteiger charge is -2.40. The summed E-state index contributed by atoms with van der Waals surface area (Å²) >= 11 is 0. The van der Waals surface area contributed by atoms with E-state index in [0.717, 1.165) is 44.6 Å². The lowest BCUT2D eigenvalue weighted by molar-refractivity contribution is 0.0602. The van der Waals surface area contributed by atoms with Crippen LogP contribution in [0.4, 0.5) is 0 Å². The minimum Gasteiger partial charge on any atom is -0.339 e. The number of piperidine rings is 1. The van der Waals surface area contributed by atoms with Crippen LogP contribution in [0.15, 0.2) is 97.6 Å². The van der Waals surface area contributed by atoms with E-state index in [-0.39, 0.29) is 5.91 Å². The molecule has 0 saturated carbocycles. The van der Waals surface area contributed by atoms with Gasteiger partial charge in [-0.05, 0) is 67.6 Å². The number of likely N-dealkylation sites (tertiary alicyclic amines) is 1. The van der Waals surface area contributed by atoms with E-state index in [1.807, 2.05) is 59.9 Å². The van der Waals surface area contributed by atoms with E-state index in [0.29, 0.717) is 17.5 Å². The fraction of sp³-hybridized carbons (Fsp3) is 0.300. The molecule has 1 atom stereocenters. The molecular formula is C30H33N5O. The number of amides is 1. The van der Waals surface area contributed by atoms with Gasteiger partial charge in [0.2, 0.25) is 0 Å². The third-order valence-electron chi connectivity index (χ3n) is 7.27. The van der Waals surface area contributed by atoms with E-state index in [2.05, 4.69) is 58.4 Å². The van der Waals surface area contributed by atoms with E-state index in [9.17, 15) is 4.79 Å². The van der Waals surface area contributed by atoms with Crippen molar-refractivity contribution in [2.24, 2.45) is 5.92 Å². The van der Waals surface area contributed by atoms with Crippen LogP contribution in [-0.2, 0) is 13.0 Å². The Morgan fingerprint density at radius 3 is 2.42 bits per heavy atom. The standard InChI is InChI=1S/C30H33N5O/c1-33(23-25-11-7-16-31-22-25)29(21-24-9-3-2-4-10-24)26-14-19-34(20-15-26)30(36)27-12-5-6-13-28(27)35-18-8-17-32-35/h2-13,16-18,22,26,29H,14-15,19-21,23H2,1H3. The minimum absolute atomic E-state index is 0.0860. The highest BCUT2D eigenvalue weighted by Gasteiger charge is 2.32. The molecule has 5 rings (SSSR count). The van der Waals surface area contributed by atoms with Crippen LogP contribution in [0.25, 0.3) is 5.69 Å². The molecule has 4 aromatic rings. The molecule has 3 heterocycles. The fourth-order valence-electron chi connectivity index (χ4n) is 5.36. The zero-order chi connectivity index (χ0) is 24.7. The third kappa shape index (κ3) is 5.55. The summed E-state index contributed by atoms with van der Waals surface area (Å²) in [4.78, 5) is 22.3. The van der Waals surface area contributed by atoms with Crippen LogP contribution in [0, 0.1) is 5.92 Å². The maximum atomic E-state index is 13.5. The van der Waals surface area contributed by atoms with Crippen molar-refractivity contribution >= 4 is 5.91 Å². The van der Waals surface area contributed by atoms with Crippen LogP contribution in [0.1, 0.15) is 34.3 Å². The number of aromatic nitrogens is 3. The first-order valence-corrected chi connectivity index (χ1v) is 12.7. The average molecular weight is 480 g/mol. The molecule has 1 saturated heterocycles. The highest BCUT2D eigenvalue weighted by atomic mass is 16.2. The van der Waals surface area contributed by atoms with Gasteiger partial charge >= 0.3 is 0 Å². The molecule has 0 N–H and O–H groups in total. The highest BCUT2D eigenvalue weighted by Crippen LogP contribution is 2.28. The average Bonchev–Trinajstić information content (AvgIpc) is 3.48. The number of hydrogen-bond donors (Lipinski definition) is 0. The lowest BCUT2D eigenvalue weighted by Crippen LogP contribution is -2.46. The molecule has 36 heavy (non-hydrogen) atoms. The Labute approximate surface area is 213 Å². The van der Waals surface area contributed by atoms with Crippen molar-refractivity contribution in [3.63, 3.8) is 0 Å². The van der Waals surface area contributed by atoms with Gasteiger partial charge in [-0.15, -0.1) is 0 Å². The quantitative estimate of drug-likeness (QED) is 0.362. The van der Waals surface area contributed by atoms with Crippen molar-refractivity contribution < 1.29 is 4.79 Å². The second-order valence-electron chi connectivity index (χ2n) is 9.63. The summed E-state index contributed by atoms with van der Waals surface area (Å²) < 4.78 is 1.77. The van der Waals surface area contributed by atoms with E-state index in [4.69, 9.17) is 0 Å². The molecule has 1 aliphatic rings. The smallest absolute Gasteiger partial charge is 0.256 e. The first-order chi connectivity index (χ1) is 17.7. The predicted molar refractivity (Wildman–Crippen MR) is 142 cm³/mol. The third-order valence-corrected chi connectivity index (χ3v) is 7.27. The summed E-state index contributed by atoms with van der Waals surface area (Å²) in [6, 6.07) is 24.9. The molecule has 0 spiro atoms. The summed E-state index contributed by atoms with van der Waals surface area (Å²) in [5, 5.41) is 4.34. The highest BCUT2D eigenvalue weighted by molar-refractivity contribution is 5.97. The Morgan fingerprint density at radius 1 is 0.944 bits per heavy atom. The summed E-state index contributed by atoms with van der Waals surface area (Å²) in [5.74, 6) is 0.597. The van der Waals surface area contributed by atoms with Gasteiger partial charge in [-0.3, -0.25) is 14.7 Å². The monoisotopic (exact) mass is 479 g/mol. The number of hydrogen-bond acceptors (Lipinski definition) is 4. The van der Waals surface area contributed by atoms with Gasteiger partial charge in [0.25, 0.3) is 5.91 Å². The second kappa shape index (κ2) is 11.3. The number of para-hydroxylation sites is 1. The van der Waals surface area contributed by atoms with Crippen LogP contribution in [0.2, 0.25) is 0 Å². The second-order valence-corrected chi connectivity index (χ2v) is 9.63. The van der Waals surface area contributed by atoms with Crippen LogP contribution < -0.4 is 0 Å². The largest absolute Gasteiger partial charge is 0.339 e. The first-order valence-electron chi connectivity index (χ1n) is 12.7. The summed E-state index contributed by atoms with van der Waals surface area (Å²) in [5.41, 5.74) is 4.11. The van der Waals surface area contributed by atoms with Crippen LogP contribution >= 0.6 is 0 Å². The van der Waals surface area contributed by atoms with E-state index >= 15 is 0 Å². The van der Waals surface area contributed by atoms with Crippen molar-refractivity contribution in [1.29, 1.82) is 0 Å². The number of rotatable bonds is 8. The maximum absolute atomic E-state index is 13.5. The Kier molecular flexibility index (Phi) is 7.52. The molecule has 1 fully saturated rings. The summed E-state index contributed by atoms with van der Waals surface area (Å²) in [6.45, 7) is 2.40. The van der Waals surface area contributed by atoms with Gasteiger partial charge in [-0.1, -0.05) is 48.5 Å². The minimum atomic E-state index is 0.0860. The van der Waals surface area contributed by atoms with Gasteiger partial charge in [0, 0.05) is 50.5 Å². The molecular weight excluding hydrogens is 446 g/mol. The number of pyridine rings is 1. The van der Waals surface area contributed by atoms with Crippen molar-refractivity contribution in [2.75, 3.05) is 20.1 Å². The molecule has 1 aliphatic heterocycles. The number of nitrogens with zero attached hydrogens (tertiary/aromatic N) is 5. The number of likely N-dealkylation sites (N-methyl/N-ethyl adjacent to an activating group) is 1.